The lowest BCUT2D eigenvalue weighted by Crippen LogP contribution is -2.29. The first-order chi connectivity index (χ1) is 16.0. The Kier molecular flexibility index (Phi) is 5.64. The Labute approximate surface area is 199 Å². The molecular formula is C26H26N6S. The van der Waals surface area contributed by atoms with Crippen LogP contribution in [0.15, 0.2) is 73.2 Å². The minimum atomic E-state index is -0.0683. The van der Waals surface area contributed by atoms with Gasteiger partial charge in [0.15, 0.2) is 5.11 Å². The molecule has 5 rings (SSSR count). The highest BCUT2D eigenvalue weighted by Gasteiger charge is 2.41. The van der Waals surface area contributed by atoms with Crippen LogP contribution in [0, 0.1) is 20.8 Å². The van der Waals surface area contributed by atoms with E-state index in [1.165, 1.54) is 5.56 Å². The van der Waals surface area contributed by atoms with Crippen molar-refractivity contribution >= 4 is 17.3 Å². The van der Waals surface area contributed by atoms with Crippen molar-refractivity contribution in [1.82, 2.24) is 29.7 Å². The first-order valence-corrected chi connectivity index (χ1v) is 11.4. The molecule has 1 saturated heterocycles. The van der Waals surface area contributed by atoms with E-state index in [0.29, 0.717) is 11.7 Å². The zero-order valence-electron chi connectivity index (χ0n) is 18.9. The van der Waals surface area contributed by atoms with Crippen LogP contribution in [-0.4, -0.2) is 29.5 Å². The molecule has 0 aliphatic carbocycles. The van der Waals surface area contributed by atoms with Gasteiger partial charge in [-0.25, -0.2) is 4.98 Å². The van der Waals surface area contributed by atoms with Gasteiger partial charge in [-0.3, -0.25) is 9.97 Å². The largest absolute Gasteiger partial charge is 0.352 e. The number of hydrogen-bond donors (Lipinski definition) is 1. The Morgan fingerprint density at radius 2 is 1.67 bits per heavy atom. The molecule has 7 heteroatoms. The minimum absolute atomic E-state index is 0.0293. The molecule has 6 nitrogen and oxygen atoms in total. The monoisotopic (exact) mass is 454 g/mol. The third kappa shape index (κ3) is 3.89. The summed E-state index contributed by atoms with van der Waals surface area (Å²) in [5.41, 5.74) is 6.57. The smallest absolute Gasteiger partial charge is 0.170 e. The van der Waals surface area contributed by atoms with Gasteiger partial charge in [-0.05, 0) is 80.5 Å². The van der Waals surface area contributed by atoms with E-state index >= 15 is 0 Å². The summed E-state index contributed by atoms with van der Waals surface area (Å²) < 4.78 is 2.24. The second kappa shape index (κ2) is 8.75. The summed E-state index contributed by atoms with van der Waals surface area (Å²) in [6.07, 6.45) is 5.50. The summed E-state index contributed by atoms with van der Waals surface area (Å²) in [7, 11) is 0. The maximum Gasteiger partial charge on any atom is 0.170 e. The highest BCUT2D eigenvalue weighted by molar-refractivity contribution is 7.80. The summed E-state index contributed by atoms with van der Waals surface area (Å²) in [6, 6.07) is 18.2. The van der Waals surface area contributed by atoms with E-state index in [1.807, 2.05) is 55.0 Å². The molecule has 0 radical (unpaired) electrons. The van der Waals surface area contributed by atoms with E-state index in [0.717, 1.165) is 34.2 Å². The molecule has 33 heavy (non-hydrogen) atoms. The molecule has 4 aromatic rings. The molecule has 0 saturated carbocycles. The molecule has 1 N–H and O–H groups in total. The fraction of sp³-hybridized carbons (Fsp3) is 0.231. The van der Waals surface area contributed by atoms with Gasteiger partial charge in [0, 0.05) is 30.0 Å². The van der Waals surface area contributed by atoms with E-state index in [9.17, 15) is 0 Å². The number of rotatable bonds is 5. The van der Waals surface area contributed by atoms with E-state index in [2.05, 4.69) is 68.7 Å². The highest BCUT2D eigenvalue weighted by Crippen LogP contribution is 2.42. The Bertz CT molecular complexity index is 1280. The van der Waals surface area contributed by atoms with Crippen LogP contribution in [0.3, 0.4) is 0 Å². The van der Waals surface area contributed by atoms with E-state index in [1.54, 1.807) is 0 Å². The van der Waals surface area contributed by atoms with Crippen molar-refractivity contribution in [3.8, 4) is 5.82 Å². The van der Waals surface area contributed by atoms with Gasteiger partial charge in [0.1, 0.15) is 5.82 Å². The van der Waals surface area contributed by atoms with Gasteiger partial charge in [0.2, 0.25) is 0 Å². The number of nitrogens with zero attached hydrogens (tertiary/aromatic N) is 5. The number of aryl methyl sites for hydroxylation is 2. The van der Waals surface area contributed by atoms with Crippen LogP contribution < -0.4 is 5.32 Å². The van der Waals surface area contributed by atoms with Crippen molar-refractivity contribution in [2.45, 2.75) is 39.4 Å². The summed E-state index contributed by atoms with van der Waals surface area (Å²) in [5.74, 6) is 0.956. The molecule has 2 atom stereocenters. The van der Waals surface area contributed by atoms with Crippen LogP contribution >= 0.6 is 12.2 Å². The number of thiocarbonyl (C=S) groups is 1. The fourth-order valence-corrected chi connectivity index (χ4v) is 5.01. The average Bonchev–Trinajstić information content (AvgIpc) is 3.30. The molecule has 1 aliphatic heterocycles. The van der Waals surface area contributed by atoms with Crippen molar-refractivity contribution in [3.63, 3.8) is 0 Å². The van der Waals surface area contributed by atoms with Gasteiger partial charge < -0.3 is 14.8 Å². The quantitative estimate of drug-likeness (QED) is 0.439. The van der Waals surface area contributed by atoms with Crippen molar-refractivity contribution in [3.05, 3.63) is 107 Å². The number of pyridine rings is 3. The highest BCUT2D eigenvalue weighted by atomic mass is 32.1. The topological polar surface area (TPSA) is 58.9 Å². The molecular weight excluding hydrogens is 428 g/mol. The first kappa shape index (κ1) is 21.3. The zero-order valence-corrected chi connectivity index (χ0v) is 19.8. The Morgan fingerprint density at radius 1 is 0.909 bits per heavy atom. The molecule has 0 bridgehead atoms. The predicted octanol–water partition coefficient (Wildman–Crippen LogP) is 4.76. The summed E-state index contributed by atoms with van der Waals surface area (Å²) in [5, 5.41) is 4.25. The second-order valence-corrected chi connectivity index (χ2v) is 8.77. The lowest BCUT2D eigenvalue weighted by Gasteiger charge is -2.28. The lowest BCUT2D eigenvalue weighted by atomic mass is 9.96. The molecule has 4 aromatic heterocycles. The van der Waals surface area contributed by atoms with Crippen molar-refractivity contribution < 1.29 is 0 Å². The Balaban J connectivity index is 1.63. The van der Waals surface area contributed by atoms with Gasteiger partial charge >= 0.3 is 0 Å². The average molecular weight is 455 g/mol. The van der Waals surface area contributed by atoms with Crippen molar-refractivity contribution in [2.24, 2.45) is 0 Å². The van der Waals surface area contributed by atoms with E-state index in [-0.39, 0.29) is 12.1 Å². The van der Waals surface area contributed by atoms with Crippen LogP contribution in [0.4, 0.5) is 0 Å². The van der Waals surface area contributed by atoms with Crippen molar-refractivity contribution in [2.75, 3.05) is 0 Å². The molecule has 0 unspecified atom stereocenters. The zero-order chi connectivity index (χ0) is 22.9. The summed E-state index contributed by atoms with van der Waals surface area (Å²) >= 11 is 5.83. The number of aromatic nitrogens is 4. The first-order valence-electron chi connectivity index (χ1n) is 11.0. The predicted molar refractivity (Wildman–Crippen MR) is 133 cm³/mol. The van der Waals surface area contributed by atoms with Crippen LogP contribution in [0.25, 0.3) is 5.82 Å². The molecule has 5 heterocycles. The maximum atomic E-state index is 5.83. The second-order valence-electron chi connectivity index (χ2n) is 8.38. The minimum Gasteiger partial charge on any atom is -0.352 e. The van der Waals surface area contributed by atoms with Gasteiger partial charge in [-0.2, -0.15) is 0 Å². The lowest BCUT2D eigenvalue weighted by molar-refractivity contribution is 0.307. The van der Waals surface area contributed by atoms with Gasteiger partial charge in [-0.15, -0.1) is 0 Å². The summed E-state index contributed by atoms with van der Waals surface area (Å²) in [4.78, 5) is 16.1. The Morgan fingerprint density at radius 3 is 2.36 bits per heavy atom. The number of nitrogens with one attached hydrogen (secondary N) is 1. The molecule has 0 amide bonds. The molecule has 0 spiro atoms. The van der Waals surface area contributed by atoms with Gasteiger partial charge in [0.25, 0.3) is 0 Å². The normalized spacial score (nSPS) is 17.9. The SMILES string of the molecule is Cc1cccnc1-n1c(C)cc([C@H]2[C@H](c3ccccn3)NC(=S)N2Cc2ccccn2)c1C. The van der Waals surface area contributed by atoms with Crippen molar-refractivity contribution in [1.29, 1.82) is 0 Å². The standard InChI is InChI=1S/C26H26N6S/c1-17-9-8-14-29-25(17)32-18(2)15-21(19(32)3)24-23(22-11-5-7-13-28-22)30-26(33)31(24)16-20-10-4-6-12-27-20/h4-15,23-24H,16H2,1-3H3,(H,30,33)/t23-,24-/m0/s1. The fourth-order valence-electron chi connectivity index (χ4n) is 4.70. The third-order valence-electron chi connectivity index (χ3n) is 6.24. The molecule has 166 valence electrons. The molecule has 0 aromatic carbocycles. The van der Waals surface area contributed by atoms with Gasteiger partial charge in [-0.1, -0.05) is 18.2 Å². The summed E-state index contributed by atoms with van der Waals surface area (Å²) in [6.45, 7) is 7.00. The van der Waals surface area contributed by atoms with Crippen LogP contribution in [0.5, 0.6) is 0 Å². The molecule has 1 fully saturated rings. The van der Waals surface area contributed by atoms with Gasteiger partial charge in [0.05, 0.1) is 30.0 Å². The molecule has 1 aliphatic rings. The van der Waals surface area contributed by atoms with Crippen LogP contribution in [-0.2, 0) is 6.54 Å². The number of hydrogen-bond acceptors (Lipinski definition) is 4. The van der Waals surface area contributed by atoms with Crippen LogP contribution in [0.1, 0.15) is 46.0 Å². The van der Waals surface area contributed by atoms with Crippen LogP contribution in [0.2, 0.25) is 0 Å². The maximum absolute atomic E-state index is 5.83. The third-order valence-corrected chi connectivity index (χ3v) is 6.59. The Hall–Kier alpha value is -3.58. The van der Waals surface area contributed by atoms with E-state index < -0.39 is 0 Å². The van der Waals surface area contributed by atoms with E-state index in [4.69, 9.17) is 12.2 Å².